The summed E-state index contributed by atoms with van der Waals surface area (Å²) in [6.45, 7) is 3.97. The minimum Gasteiger partial charge on any atom is -0.508 e. The number of hydrogen-bond donors (Lipinski definition) is 2. The van der Waals surface area contributed by atoms with Gasteiger partial charge in [0.05, 0.1) is 5.69 Å². The summed E-state index contributed by atoms with van der Waals surface area (Å²) < 4.78 is 0.860. The Hall–Kier alpha value is -3.08. The van der Waals surface area contributed by atoms with Crippen LogP contribution < -0.4 is 11.2 Å². The van der Waals surface area contributed by atoms with Crippen LogP contribution in [0.1, 0.15) is 42.1 Å². The molecular formula is C20H16Cl2N4O3. The highest BCUT2D eigenvalue weighted by Gasteiger charge is 2.15. The fourth-order valence-electron chi connectivity index (χ4n) is 2.91. The quantitative estimate of drug-likeness (QED) is 0.657. The molecule has 9 heteroatoms. The lowest BCUT2D eigenvalue weighted by Gasteiger charge is -2.13. The highest BCUT2D eigenvalue weighted by Crippen LogP contribution is 2.32. The lowest BCUT2D eigenvalue weighted by molar-refractivity contribution is 0.464. The predicted molar refractivity (Wildman–Crippen MR) is 110 cm³/mol. The molecule has 0 saturated heterocycles. The van der Waals surface area contributed by atoms with E-state index >= 15 is 0 Å². The summed E-state index contributed by atoms with van der Waals surface area (Å²) in [6, 6.07) is 9.91. The first-order valence-electron chi connectivity index (χ1n) is 8.65. The third kappa shape index (κ3) is 4.19. The van der Waals surface area contributed by atoms with Gasteiger partial charge in [-0.2, -0.15) is 9.94 Å². The maximum Gasteiger partial charge on any atom is 0.349 e. The summed E-state index contributed by atoms with van der Waals surface area (Å²) in [4.78, 5) is 25.6. The Kier molecular flexibility index (Phi) is 5.78. The average Bonchev–Trinajstić information content (AvgIpc) is 2.65. The number of phenolic OH excluding ortho intramolecular Hbond substituents is 1. The molecule has 1 aromatic heterocycles. The molecule has 0 radical (unpaired) electrons. The third-order valence-corrected chi connectivity index (χ3v) is 5.07. The molecule has 0 aliphatic rings. The molecule has 3 rings (SSSR count). The lowest BCUT2D eigenvalue weighted by atomic mass is 9.96. The Morgan fingerprint density at radius 2 is 1.86 bits per heavy atom. The van der Waals surface area contributed by atoms with Crippen molar-refractivity contribution < 1.29 is 5.11 Å². The number of rotatable bonds is 4. The second-order valence-electron chi connectivity index (χ2n) is 6.74. The molecule has 0 saturated carbocycles. The fourth-order valence-corrected chi connectivity index (χ4v) is 3.52. The number of aromatic hydroxyl groups is 1. The van der Waals surface area contributed by atoms with Gasteiger partial charge in [0, 0.05) is 16.5 Å². The van der Waals surface area contributed by atoms with Crippen molar-refractivity contribution in [3.63, 3.8) is 0 Å². The minimum absolute atomic E-state index is 0.149. The molecule has 2 aromatic carbocycles. The van der Waals surface area contributed by atoms with E-state index < -0.39 is 16.9 Å². The van der Waals surface area contributed by atoms with Gasteiger partial charge in [0.1, 0.15) is 11.8 Å². The Bertz CT molecular complexity index is 1230. The van der Waals surface area contributed by atoms with Gasteiger partial charge in [-0.1, -0.05) is 49.2 Å². The van der Waals surface area contributed by atoms with E-state index in [4.69, 9.17) is 28.5 Å². The number of H-pyrrole nitrogens is 1. The van der Waals surface area contributed by atoms with Crippen molar-refractivity contribution in [1.82, 2.24) is 14.8 Å². The van der Waals surface area contributed by atoms with Crippen LogP contribution in [0.4, 0.5) is 0 Å². The monoisotopic (exact) mass is 430 g/mol. The van der Waals surface area contributed by atoms with E-state index in [-0.39, 0.29) is 17.4 Å². The zero-order valence-corrected chi connectivity index (χ0v) is 17.0. The number of nitrogens with one attached hydrogen (secondary N) is 1. The van der Waals surface area contributed by atoms with Gasteiger partial charge in [0.15, 0.2) is 0 Å². The van der Waals surface area contributed by atoms with Crippen LogP contribution in [0.2, 0.25) is 10.0 Å². The second kappa shape index (κ2) is 8.11. The van der Waals surface area contributed by atoms with Crippen molar-refractivity contribution in [3.8, 4) is 17.5 Å². The zero-order valence-electron chi connectivity index (χ0n) is 15.5. The molecular weight excluding hydrogens is 415 g/mol. The first-order valence-corrected chi connectivity index (χ1v) is 9.40. The molecule has 3 aromatic rings. The largest absolute Gasteiger partial charge is 0.508 e. The van der Waals surface area contributed by atoms with E-state index in [1.807, 2.05) is 24.9 Å². The number of aromatic amines is 1. The molecule has 0 aliphatic heterocycles. The highest BCUT2D eigenvalue weighted by atomic mass is 35.5. The lowest BCUT2D eigenvalue weighted by Crippen LogP contribution is -2.33. The van der Waals surface area contributed by atoms with Crippen LogP contribution in [-0.4, -0.2) is 19.9 Å². The van der Waals surface area contributed by atoms with Gasteiger partial charge >= 0.3 is 5.69 Å². The molecule has 0 fully saturated rings. The average molecular weight is 431 g/mol. The molecule has 7 nitrogen and oxygen atoms in total. The summed E-state index contributed by atoms with van der Waals surface area (Å²) in [5.41, 5.74) is 0.454. The Morgan fingerprint density at radius 3 is 2.45 bits per heavy atom. The molecule has 0 aliphatic carbocycles. The SMILES string of the molecule is CC(C)c1cc(Cc2c(Cl)cc(-n3nc(C#N)c(=O)[nH]c3=O)cc2Cl)ccc1O. The number of nitrogens with zero attached hydrogens (tertiary/aromatic N) is 3. The van der Waals surface area contributed by atoms with Crippen LogP contribution in [0, 0.1) is 11.3 Å². The van der Waals surface area contributed by atoms with Crippen LogP contribution in [0.15, 0.2) is 39.9 Å². The molecule has 2 N–H and O–H groups in total. The molecule has 0 spiro atoms. The van der Waals surface area contributed by atoms with Gasteiger partial charge in [0.25, 0.3) is 5.56 Å². The number of benzene rings is 2. The van der Waals surface area contributed by atoms with Gasteiger partial charge in [-0.3, -0.25) is 9.78 Å². The van der Waals surface area contributed by atoms with Crippen molar-refractivity contribution >= 4 is 23.2 Å². The van der Waals surface area contributed by atoms with Gasteiger partial charge in [-0.15, -0.1) is 5.10 Å². The summed E-state index contributed by atoms with van der Waals surface area (Å²) >= 11 is 12.8. The van der Waals surface area contributed by atoms with Crippen molar-refractivity contribution in [1.29, 1.82) is 5.26 Å². The standard InChI is InChI=1S/C20H16Cl2N4O3/c1-10(2)13-5-11(3-4-18(13)27)6-14-15(21)7-12(8-16(14)22)26-20(29)24-19(28)17(9-23)25-26/h3-5,7-8,10,27H,6H2,1-2H3,(H,24,28,29). The topological polar surface area (TPSA) is 112 Å². The van der Waals surface area contributed by atoms with E-state index in [0.717, 1.165) is 15.8 Å². The molecule has 1 heterocycles. The minimum atomic E-state index is -0.865. The van der Waals surface area contributed by atoms with Crippen LogP contribution in [0.5, 0.6) is 5.75 Å². The first kappa shape index (κ1) is 20.6. The smallest absolute Gasteiger partial charge is 0.349 e. The van der Waals surface area contributed by atoms with E-state index in [1.54, 1.807) is 18.2 Å². The summed E-state index contributed by atoms with van der Waals surface area (Å²) in [7, 11) is 0. The number of phenols is 1. The number of nitriles is 1. The van der Waals surface area contributed by atoms with Crippen LogP contribution in [0.3, 0.4) is 0 Å². The van der Waals surface area contributed by atoms with Gasteiger partial charge in [-0.25, -0.2) is 4.79 Å². The Morgan fingerprint density at radius 1 is 1.21 bits per heavy atom. The highest BCUT2D eigenvalue weighted by molar-refractivity contribution is 6.36. The second-order valence-corrected chi connectivity index (χ2v) is 7.56. The van der Waals surface area contributed by atoms with Crippen molar-refractivity contribution in [2.45, 2.75) is 26.2 Å². The van der Waals surface area contributed by atoms with E-state index in [1.165, 1.54) is 12.1 Å². The molecule has 0 amide bonds. The molecule has 0 bridgehead atoms. The van der Waals surface area contributed by atoms with Gasteiger partial charge in [0.2, 0.25) is 5.69 Å². The van der Waals surface area contributed by atoms with E-state index in [9.17, 15) is 14.7 Å². The Balaban J connectivity index is 2.04. The van der Waals surface area contributed by atoms with Gasteiger partial charge < -0.3 is 5.11 Å². The summed E-state index contributed by atoms with van der Waals surface area (Å²) in [5, 5.41) is 23.3. The summed E-state index contributed by atoms with van der Waals surface area (Å²) in [5.74, 6) is 0.379. The number of halogens is 2. The predicted octanol–water partition coefficient (Wildman–Crippen LogP) is 3.52. The molecule has 0 unspecified atom stereocenters. The third-order valence-electron chi connectivity index (χ3n) is 4.40. The maximum absolute atomic E-state index is 12.1. The van der Waals surface area contributed by atoms with Gasteiger partial charge in [-0.05, 0) is 40.8 Å². The molecule has 148 valence electrons. The first-order chi connectivity index (χ1) is 13.7. The number of hydrogen-bond acceptors (Lipinski definition) is 5. The normalized spacial score (nSPS) is 10.9. The van der Waals surface area contributed by atoms with Crippen LogP contribution in [0.25, 0.3) is 5.69 Å². The Labute approximate surface area is 175 Å². The molecule has 0 atom stereocenters. The maximum atomic E-state index is 12.1. The van der Waals surface area contributed by atoms with Crippen molar-refractivity contribution in [2.24, 2.45) is 0 Å². The summed E-state index contributed by atoms with van der Waals surface area (Å²) in [6.07, 6.45) is 0.412. The van der Waals surface area contributed by atoms with Crippen LogP contribution >= 0.6 is 23.2 Å². The van der Waals surface area contributed by atoms with Crippen LogP contribution in [-0.2, 0) is 6.42 Å². The van der Waals surface area contributed by atoms with E-state index in [2.05, 4.69) is 5.10 Å². The fraction of sp³-hybridized carbons (Fsp3) is 0.200. The van der Waals surface area contributed by atoms with Crippen molar-refractivity contribution in [3.05, 3.63) is 83.6 Å². The van der Waals surface area contributed by atoms with E-state index in [0.29, 0.717) is 22.0 Å². The number of aromatic nitrogens is 3. The molecule has 29 heavy (non-hydrogen) atoms. The zero-order chi connectivity index (χ0) is 21.3. The van der Waals surface area contributed by atoms with Crippen molar-refractivity contribution in [2.75, 3.05) is 0 Å².